The number of carbonyl (C=O) groups is 2. The predicted octanol–water partition coefficient (Wildman–Crippen LogP) is 0.518. The molecule has 2 heterocycles. The topological polar surface area (TPSA) is 40.6 Å². The normalized spacial score (nSPS) is 27.4. The molecule has 2 aliphatic heterocycles. The first-order chi connectivity index (χ1) is 7.58. The van der Waals surface area contributed by atoms with Crippen LogP contribution in [0.15, 0.2) is 0 Å². The molecule has 90 valence electrons. The molecular weight excluding hydrogens is 204 g/mol. The van der Waals surface area contributed by atoms with Gasteiger partial charge in [-0.25, -0.2) is 0 Å². The zero-order valence-electron chi connectivity index (χ0n) is 10.1. The van der Waals surface area contributed by atoms with Crippen LogP contribution >= 0.6 is 0 Å². The Morgan fingerprint density at radius 3 is 2.56 bits per heavy atom. The van der Waals surface area contributed by atoms with Crippen LogP contribution in [0.4, 0.5) is 0 Å². The van der Waals surface area contributed by atoms with Crippen molar-refractivity contribution in [2.75, 3.05) is 26.2 Å². The molecule has 2 saturated heterocycles. The molecule has 0 aromatic rings. The van der Waals surface area contributed by atoms with E-state index in [9.17, 15) is 9.59 Å². The second-order valence-electron chi connectivity index (χ2n) is 5.17. The van der Waals surface area contributed by atoms with Gasteiger partial charge < -0.3 is 9.80 Å². The maximum absolute atomic E-state index is 11.5. The maximum atomic E-state index is 11.5. The minimum absolute atomic E-state index is 0.210. The highest BCUT2D eigenvalue weighted by atomic mass is 16.2. The van der Waals surface area contributed by atoms with Crippen molar-refractivity contribution in [2.24, 2.45) is 5.92 Å². The molecule has 0 N–H and O–H groups in total. The van der Waals surface area contributed by atoms with Gasteiger partial charge in [0.15, 0.2) is 0 Å². The summed E-state index contributed by atoms with van der Waals surface area (Å²) in [6.45, 7) is 8.00. The average molecular weight is 224 g/mol. The predicted molar refractivity (Wildman–Crippen MR) is 61.0 cm³/mol. The van der Waals surface area contributed by atoms with E-state index >= 15 is 0 Å². The fraction of sp³-hybridized carbons (Fsp3) is 0.833. The first-order valence-electron chi connectivity index (χ1n) is 6.14. The fourth-order valence-electron chi connectivity index (χ4n) is 2.59. The second kappa shape index (κ2) is 4.53. The van der Waals surface area contributed by atoms with Gasteiger partial charge in [-0.15, -0.1) is 0 Å². The average Bonchev–Trinajstić information content (AvgIpc) is 2.81. The minimum atomic E-state index is -0.261. The van der Waals surface area contributed by atoms with Gasteiger partial charge in [0.05, 0.1) is 0 Å². The molecule has 2 rings (SSSR count). The van der Waals surface area contributed by atoms with E-state index in [4.69, 9.17) is 0 Å². The molecule has 2 aliphatic rings. The third-order valence-electron chi connectivity index (χ3n) is 3.66. The molecule has 0 radical (unpaired) electrons. The monoisotopic (exact) mass is 224 g/mol. The Hall–Kier alpha value is -0.900. The SMILES string of the molecule is CC(C)N1CCC(CN2CCC(=O)C2=O)C1. The van der Waals surface area contributed by atoms with E-state index in [0.717, 1.165) is 26.1 Å². The van der Waals surface area contributed by atoms with Crippen LogP contribution in [0.1, 0.15) is 26.7 Å². The van der Waals surface area contributed by atoms with Crippen LogP contribution < -0.4 is 0 Å². The Labute approximate surface area is 96.6 Å². The van der Waals surface area contributed by atoms with Crippen LogP contribution in [0.3, 0.4) is 0 Å². The number of ketones is 1. The van der Waals surface area contributed by atoms with Crippen LogP contribution in [0.2, 0.25) is 0 Å². The molecule has 4 heteroatoms. The Bertz CT molecular complexity index is 301. The zero-order valence-corrected chi connectivity index (χ0v) is 10.1. The van der Waals surface area contributed by atoms with E-state index in [1.54, 1.807) is 4.90 Å². The number of hydrogen-bond donors (Lipinski definition) is 0. The summed E-state index contributed by atoms with van der Waals surface area (Å²) >= 11 is 0. The first kappa shape index (κ1) is 11.6. The van der Waals surface area contributed by atoms with Crippen molar-refractivity contribution >= 4 is 11.7 Å². The Morgan fingerprint density at radius 1 is 1.31 bits per heavy atom. The lowest BCUT2D eigenvalue weighted by Crippen LogP contribution is -2.34. The maximum Gasteiger partial charge on any atom is 0.290 e. The van der Waals surface area contributed by atoms with Crippen molar-refractivity contribution in [3.05, 3.63) is 0 Å². The van der Waals surface area contributed by atoms with E-state index in [1.165, 1.54) is 0 Å². The lowest BCUT2D eigenvalue weighted by Gasteiger charge is -2.22. The van der Waals surface area contributed by atoms with Gasteiger partial charge in [-0.2, -0.15) is 0 Å². The summed E-state index contributed by atoms with van der Waals surface area (Å²) in [5.41, 5.74) is 0. The minimum Gasteiger partial charge on any atom is -0.335 e. The Kier molecular flexibility index (Phi) is 3.28. The highest BCUT2D eigenvalue weighted by molar-refractivity contribution is 6.37. The lowest BCUT2D eigenvalue weighted by atomic mass is 10.1. The van der Waals surface area contributed by atoms with Crippen molar-refractivity contribution < 1.29 is 9.59 Å². The van der Waals surface area contributed by atoms with Gasteiger partial charge in [-0.05, 0) is 32.7 Å². The van der Waals surface area contributed by atoms with E-state index < -0.39 is 0 Å². The molecular formula is C12H20N2O2. The summed E-state index contributed by atoms with van der Waals surface area (Å²) in [5, 5.41) is 0. The molecule has 0 aliphatic carbocycles. The largest absolute Gasteiger partial charge is 0.335 e. The molecule has 16 heavy (non-hydrogen) atoms. The van der Waals surface area contributed by atoms with Gasteiger partial charge >= 0.3 is 0 Å². The highest BCUT2D eigenvalue weighted by Gasteiger charge is 2.33. The molecule has 1 amide bonds. The quantitative estimate of drug-likeness (QED) is 0.656. The molecule has 2 fully saturated rings. The molecule has 0 spiro atoms. The van der Waals surface area contributed by atoms with Gasteiger partial charge in [-0.3, -0.25) is 9.59 Å². The molecule has 0 aromatic carbocycles. The highest BCUT2D eigenvalue weighted by Crippen LogP contribution is 2.21. The fourth-order valence-corrected chi connectivity index (χ4v) is 2.59. The van der Waals surface area contributed by atoms with Crippen LogP contribution in [-0.2, 0) is 9.59 Å². The Morgan fingerprint density at radius 2 is 2.06 bits per heavy atom. The number of likely N-dealkylation sites (tertiary alicyclic amines) is 2. The summed E-state index contributed by atoms with van der Waals surface area (Å²) in [7, 11) is 0. The third-order valence-corrected chi connectivity index (χ3v) is 3.66. The molecule has 0 aromatic heterocycles. The molecule has 0 saturated carbocycles. The standard InChI is InChI=1S/C12H20N2O2/c1-9(2)13-5-3-10(7-13)8-14-6-4-11(15)12(14)16/h9-10H,3-8H2,1-2H3. The van der Waals surface area contributed by atoms with Crippen LogP contribution in [0.5, 0.6) is 0 Å². The van der Waals surface area contributed by atoms with Crippen molar-refractivity contribution in [1.29, 1.82) is 0 Å². The van der Waals surface area contributed by atoms with Crippen LogP contribution in [-0.4, -0.2) is 53.7 Å². The van der Waals surface area contributed by atoms with E-state index in [0.29, 0.717) is 24.9 Å². The summed E-state index contributed by atoms with van der Waals surface area (Å²) < 4.78 is 0. The molecule has 1 atom stereocenters. The second-order valence-corrected chi connectivity index (χ2v) is 5.17. The van der Waals surface area contributed by atoms with Gasteiger partial charge in [0.25, 0.3) is 5.91 Å². The summed E-state index contributed by atoms with van der Waals surface area (Å²) in [6.07, 6.45) is 1.57. The zero-order chi connectivity index (χ0) is 11.7. The van der Waals surface area contributed by atoms with Crippen molar-refractivity contribution in [2.45, 2.75) is 32.7 Å². The number of amides is 1. The summed E-state index contributed by atoms with van der Waals surface area (Å²) in [4.78, 5) is 26.8. The smallest absolute Gasteiger partial charge is 0.290 e. The number of carbonyl (C=O) groups excluding carboxylic acids is 2. The van der Waals surface area contributed by atoms with Crippen LogP contribution in [0, 0.1) is 5.92 Å². The van der Waals surface area contributed by atoms with E-state index in [1.807, 2.05) is 0 Å². The van der Waals surface area contributed by atoms with Crippen LogP contribution in [0.25, 0.3) is 0 Å². The van der Waals surface area contributed by atoms with Crippen molar-refractivity contribution in [3.63, 3.8) is 0 Å². The number of nitrogens with zero attached hydrogens (tertiary/aromatic N) is 2. The third kappa shape index (κ3) is 2.26. The van der Waals surface area contributed by atoms with Gasteiger partial charge in [0.1, 0.15) is 0 Å². The first-order valence-corrected chi connectivity index (χ1v) is 6.14. The van der Waals surface area contributed by atoms with Gasteiger partial charge in [0, 0.05) is 32.1 Å². The van der Waals surface area contributed by atoms with E-state index in [2.05, 4.69) is 18.7 Å². The van der Waals surface area contributed by atoms with E-state index in [-0.39, 0.29) is 11.7 Å². The molecule has 0 bridgehead atoms. The Balaban J connectivity index is 1.83. The van der Waals surface area contributed by atoms with Crippen molar-refractivity contribution in [1.82, 2.24) is 9.80 Å². The number of Topliss-reactive ketones (excluding diaryl/α,β-unsaturated/α-hetero) is 1. The molecule has 1 unspecified atom stereocenters. The summed E-state index contributed by atoms with van der Waals surface area (Å²) in [5.74, 6) is 0.0824. The number of hydrogen-bond acceptors (Lipinski definition) is 3. The lowest BCUT2D eigenvalue weighted by molar-refractivity contribution is -0.140. The molecule has 4 nitrogen and oxygen atoms in total. The van der Waals surface area contributed by atoms with Gasteiger partial charge in [-0.1, -0.05) is 0 Å². The van der Waals surface area contributed by atoms with Gasteiger partial charge in [0.2, 0.25) is 5.78 Å². The summed E-state index contributed by atoms with van der Waals surface area (Å²) in [6, 6.07) is 0.584. The number of rotatable bonds is 3. The van der Waals surface area contributed by atoms with Crippen molar-refractivity contribution in [3.8, 4) is 0 Å².